The molecule has 0 spiro atoms. The number of anilines is 2. The largest absolute Gasteiger partial charge is 0.391 e. The molecule has 2 aromatic rings. The van der Waals surface area contributed by atoms with Crippen molar-refractivity contribution in [1.29, 1.82) is 0 Å². The van der Waals surface area contributed by atoms with Crippen molar-refractivity contribution in [3.63, 3.8) is 0 Å². The summed E-state index contributed by atoms with van der Waals surface area (Å²) in [5.41, 5.74) is 0.0469. The number of nitrogens with zero attached hydrogens (tertiary/aromatic N) is 2. The predicted octanol–water partition coefficient (Wildman–Crippen LogP) is 5.32. The molecule has 1 aromatic heterocycles. The molecule has 1 unspecified atom stereocenters. The van der Waals surface area contributed by atoms with Gasteiger partial charge in [0.05, 0.1) is 16.1 Å². The molecule has 1 aliphatic heterocycles. The maximum Gasteiger partial charge on any atom is 0.310 e. The first-order valence-electron chi connectivity index (χ1n) is 7.97. The Morgan fingerprint density at radius 2 is 1.86 bits per heavy atom. The third-order valence-electron chi connectivity index (χ3n) is 4.10. The van der Waals surface area contributed by atoms with Crippen molar-refractivity contribution < 1.29 is 29.3 Å². The second-order valence-electron chi connectivity index (χ2n) is 6.37. The number of aliphatic hydroxyl groups excluding tert-OH is 1. The van der Waals surface area contributed by atoms with Gasteiger partial charge in [-0.2, -0.15) is 0 Å². The highest BCUT2D eigenvalue weighted by atomic mass is 79.9. The maximum atomic E-state index is 12.7. The maximum absolute atomic E-state index is 12.7. The van der Waals surface area contributed by atoms with Crippen molar-refractivity contribution in [2.24, 2.45) is 0 Å². The topological polar surface area (TPSA) is 65.5 Å². The molecule has 0 saturated carbocycles. The van der Waals surface area contributed by atoms with Crippen LogP contribution in [-0.2, 0) is 0 Å². The molecule has 2 N–H and O–H groups in total. The van der Waals surface area contributed by atoms with E-state index in [0.717, 1.165) is 12.1 Å². The number of β-amino-alcohol motifs (C(OH)–C–C–N with tert-alkyl or cyclic N) is 1. The number of hydrogen-bond acceptors (Lipinski definition) is 4. The van der Waals surface area contributed by atoms with Crippen molar-refractivity contribution in [1.82, 2.24) is 4.98 Å². The van der Waals surface area contributed by atoms with Gasteiger partial charge in [-0.25, -0.2) is 4.98 Å². The summed E-state index contributed by atoms with van der Waals surface area (Å²) in [4.78, 5) is 16.3. The third-order valence-corrected chi connectivity index (χ3v) is 5.85. The van der Waals surface area contributed by atoms with Crippen LogP contribution in [0.2, 0.25) is 0 Å². The lowest BCUT2D eigenvalue weighted by Gasteiger charge is -2.40. The number of rotatable bonds is 4. The lowest BCUT2D eigenvalue weighted by atomic mass is 10.2. The van der Waals surface area contributed by atoms with Crippen LogP contribution in [0.3, 0.4) is 0 Å². The van der Waals surface area contributed by atoms with Gasteiger partial charge in [-0.1, -0.05) is 19.4 Å². The normalized spacial score (nSPS) is 19.8. The number of carbonyl (C=O) groups is 1. The number of benzene rings is 1. The average Bonchev–Trinajstić information content (AvgIpc) is 2.99. The zero-order valence-electron chi connectivity index (χ0n) is 14.1. The number of amides is 1. The highest BCUT2D eigenvalue weighted by molar-refractivity contribution is 9.10. The summed E-state index contributed by atoms with van der Waals surface area (Å²) in [6, 6.07) is 3.45. The van der Waals surface area contributed by atoms with Gasteiger partial charge in [-0.15, -0.1) is 0 Å². The minimum atomic E-state index is -9.75. The summed E-state index contributed by atoms with van der Waals surface area (Å²) in [5.74, 6) is -0.116. The first-order valence-corrected chi connectivity index (χ1v) is 10.7. The smallest absolute Gasteiger partial charge is 0.310 e. The third kappa shape index (κ3) is 4.73. The molecule has 1 saturated heterocycles. The van der Waals surface area contributed by atoms with Crippen LogP contribution in [0.4, 0.5) is 30.9 Å². The van der Waals surface area contributed by atoms with E-state index in [2.05, 4.69) is 26.2 Å². The van der Waals surface area contributed by atoms with Gasteiger partial charge in [0.25, 0.3) is 5.91 Å². The molecule has 3 rings (SSSR count). The van der Waals surface area contributed by atoms with Gasteiger partial charge >= 0.3 is 10.2 Å². The second-order valence-corrected chi connectivity index (χ2v) is 9.63. The van der Waals surface area contributed by atoms with E-state index in [9.17, 15) is 29.3 Å². The fourth-order valence-electron chi connectivity index (χ4n) is 2.72. The molecule has 28 heavy (non-hydrogen) atoms. The van der Waals surface area contributed by atoms with Crippen LogP contribution in [0.25, 0.3) is 0 Å². The van der Waals surface area contributed by atoms with Gasteiger partial charge in [-0.3, -0.25) is 4.79 Å². The van der Waals surface area contributed by atoms with E-state index in [1.165, 1.54) is 12.3 Å². The average molecular weight is 488 g/mol. The van der Waals surface area contributed by atoms with Gasteiger partial charge in [0, 0.05) is 25.0 Å². The number of carbonyl (C=O) groups excluding carboxylic acids is 1. The van der Waals surface area contributed by atoms with Crippen molar-refractivity contribution in [2.45, 2.75) is 17.4 Å². The second kappa shape index (κ2) is 6.29. The van der Waals surface area contributed by atoms with Crippen LogP contribution < -0.4 is 10.2 Å². The Labute approximate surface area is 165 Å². The molecule has 1 aliphatic rings. The fraction of sp³-hybridized carbons (Fsp3) is 0.250. The van der Waals surface area contributed by atoms with Crippen LogP contribution >= 0.6 is 26.2 Å². The van der Waals surface area contributed by atoms with Gasteiger partial charge in [0.1, 0.15) is 10.7 Å². The van der Waals surface area contributed by atoms with E-state index < -0.39 is 27.1 Å². The van der Waals surface area contributed by atoms with Gasteiger partial charge in [0.15, 0.2) is 0 Å². The Morgan fingerprint density at radius 1 is 1.21 bits per heavy atom. The highest BCUT2D eigenvalue weighted by Crippen LogP contribution is 3.02. The minimum absolute atomic E-state index is 0.0709. The molecule has 0 radical (unpaired) electrons. The van der Waals surface area contributed by atoms with Crippen molar-refractivity contribution in [2.75, 3.05) is 23.3 Å². The monoisotopic (exact) mass is 487 g/mol. The molecule has 154 valence electrons. The Kier molecular flexibility index (Phi) is 4.67. The molecular weight excluding hydrogens is 473 g/mol. The molecule has 1 atom stereocenters. The first-order chi connectivity index (χ1) is 12.7. The molecule has 12 heteroatoms. The molecule has 1 amide bonds. The molecule has 1 aromatic carbocycles. The summed E-state index contributed by atoms with van der Waals surface area (Å²) < 4.78 is 64.1. The van der Waals surface area contributed by atoms with Crippen LogP contribution in [0.1, 0.15) is 16.8 Å². The molecule has 1 fully saturated rings. The summed E-state index contributed by atoms with van der Waals surface area (Å²) in [7, 11) is -9.75. The summed E-state index contributed by atoms with van der Waals surface area (Å²) in [6.45, 7) is 1.02. The zero-order valence-corrected chi connectivity index (χ0v) is 16.5. The Morgan fingerprint density at radius 3 is 2.36 bits per heavy atom. The number of halogens is 6. The highest BCUT2D eigenvalue weighted by Gasteiger charge is 2.65. The lowest BCUT2D eigenvalue weighted by molar-refractivity contribution is 0.102. The summed E-state index contributed by atoms with van der Waals surface area (Å²) in [5, 5.41) is 11.9. The summed E-state index contributed by atoms with van der Waals surface area (Å²) >= 11 is 3.30. The number of aliphatic hydroxyl groups is 1. The molecule has 2 heterocycles. The van der Waals surface area contributed by atoms with Crippen molar-refractivity contribution >= 4 is 43.6 Å². The van der Waals surface area contributed by atoms with E-state index in [-0.39, 0.29) is 23.4 Å². The molecule has 0 aliphatic carbocycles. The summed E-state index contributed by atoms with van der Waals surface area (Å²) in [6.07, 6.45) is 1.43. The van der Waals surface area contributed by atoms with Crippen molar-refractivity contribution in [3.8, 4) is 0 Å². The van der Waals surface area contributed by atoms with Crippen LogP contribution in [-0.4, -0.2) is 35.2 Å². The lowest BCUT2D eigenvalue weighted by Crippen LogP contribution is -2.23. The van der Waals surface area contributed by atoms with E-state index in [1.54, 1.807) is 0 Å². The number of hydrogen-bond donors (Lipinski definition) is 2. The Balaban J connectivity index is 1.74. The molecule has 5 nitrogen and oxygen atoms in total. The van der Waals surface area contributed by atoms with E-state index in [0.29, 0.717) is 29.8 Å². The Bertz CT molecular complexity index is 925. The van der Waals surface area contributed by atoms with Gasteiger partial charge in [-0.05, 0) is 52.7 Å². The minimum Gasteiger partial charge on any atom is -0.391 e. The first kappa shape index (κ1) is 20.8. The Hall–Kier alpha value is -1.92. The van der Waals surface area contributed by atoms with Crippen LogP contribution in [0.5, 0.6) is 0 Å². The van der Waals surface area contributed by atoms with Crippen molar-refractivity contribution in [3.05, 3.63) is 46.6 Å². The van der Waals surface area contributed by atoms with E-state index in [4.69, 9.17) is 0 Å². The predicted molar refractivity (Wildman–Crippen MR) is 101 cm³/mol. The molecule has 0 bridgehead atoms. The van der Waals surface area contributed by atoms with Gasteiger partial charge < -0.3 is 15.3 Å². The molecular formula is C16H15BrF5N3O2S. The standard InChI is InChI=1S/C16H15BrF5N3O2S/c17-14-7-10(8-23-15(14)25-6-5-12(26)9-25)16(27)24-11-1-3-13(4-2-11)28(18,19,20,21)22/h1-4,7-8,12,26H,5-6,9H2,(H,24,27). The van der Waals surface area contributed by atoms with E-state index >= 15 is 0 Å². The quantitative estimate of drug-likeness (QED) is 0.572. The van der Waals surface area contributed by atoms with Crippen LogP contribution in [0.15, 0.2) is 45.9 Å². The zero-order chi connectivity index (χ0) is 20.8. The van der Waals surface area contributed by atoms with E-state index in [1.807, 2.05) is 4.90 Å². The SMILES string of the molecule is O=C(Nc1ccc(S(F)(F)(F)(F)F)cc1)c1cnc(N2CCC(O)C2)c(Br)c1. The van der Waals surface area contributed by atoms with Crippen LogP contribution in [0, 0.1) is 0 Å². The van der Waals surface area contributed by atoms with Gasteiger partial charge in [0.2, 0.25) is 0 Å². The fourth-order valence-corrected chi connectivity index (χ4v) is 3.97. The number of nitrogens with one attached hydrogen (secondary N) is 1. The number of aromatic nitrogens is 1. The number of pyridine rings is 1.